The summed E-state index contributed by atoms with van der Waals surface area (Å²) in [5, 5.41) is 3.01. The highest BCUT2D eigenvalue weighted by atomic mass is 16.5. The summed E-state index contributed by atoms with van der Waals surface area (Å²) >= 11 is 0. The van der Waals surface area contributed by atoms with Crippen LogP contribution in [0.4, 0.5) is 5.82 Å². The fourth-order valence-corrected chi connectivity index (χ4v) is 4.50. The normalized spacial score (nSPS) is 21.6. The van der Waals surface area contributed by atoms with Gasteiger partial charge in [0.1, 0.15) is 12.1 Å². The van der Waals surface area contributed by atoms with E-state index in [0.29, 0.717) is 19.2 Å². The molecular weight excluding hydrogens is 354 g/mol. The molecule has 2 aliphatic heterocycles. The van der Waals surface area contributed by atoms with Gasteiger partial charge in [-0.15, -0.1) is 0 Å². The second kappa shape index (κ2) is 10.7. The number of aryl methyl sites for hydroxylation is 1. The monoisotopic (exact) mass is 389 g/mol. The Morgan fingerprint density at radius 2 is 2.11 bits per heavy atom. The number of methoxy groups -OCH3 is 1. The number of aromatic nitrogens is 2. The molecule has 7 nitrogen and oxygen atoms in total. The molecule has 1 N–H and O–H groups in total. The lowest BCUT2D eigenvalue weighted by Gasteiger charge is -2.42. The Morgan fingerprint density at radius 3 is 2.86 bits per heavy atom. The molecule has 28 heavy (non-hydrogen) atoms. The van der Waals surface area contributed by atoms with Gasteiger partial charge in [0.05, 0.1) is 12.5 Å². The predicted octanol–water partition coefficient (Wildman–Crippen LogP) is 1.87. The quantitative estimate of drug-likeness (QED) is 0.685. The van der Waals surface area contributed by atoms with E-state index >= 15 is 0 Å². The average molecular weight is 390 g/mol. The van der Waals surface area contributed by atoms with E-state index in [1.807, 2.05) is 6.20 Å². The number of carbonyl (C=O) groups excluding carboxylic acids is 1. The first-order valence-electron chi connectivity index (χ1n) is 10.8. The molecule has 2 saturated heterocycles. The number of ether oxygens (including phenoxy) is 1. The van der Waals surface area contributed by atoms with Crippen molar-refractivity contribution in [3.8, 4) is 0 Å². The van der Waals surface area contributed by atoms with Crippen molar-refractivity contribution in [3.05, 3.63) is 18.1 Å². The second-order valence-electron chi connectivity index (χ2n) is 7.96. The van der Waals surface area contributed by atoms with Crippen LogP contribution in [0.3, 0.4) is 0 Å². The fourth-order valence-electron chi connectivity index (χ4n) is 4.50. The summed E-state index contributed by atoms with van der Waals surface area (Å²) in [5.41, 5.74) is 1.26. The van der Waals surface area contributed by atoms with Crippen molar-refractivity contribution in [1.29, 1.82) is 0 Å². The summed E-state index contributed by atoms with van der Waals surface area (Å²) in [4.78, 5) is 26.2. The highest BCUT2D eigenvalue weighted by molar-refractivity contribution is 5.78. The van der Waals surface area contributed by atoms with Gasteiger partial charge < -0.3 is 15.0 Å². The molecule has 1 atom stereocenters. The lowest BCUT2D eigenvalue weighted by Crippen LogP contribution is -2.51. The number of carbonyl (C=O) groups is 1. The van der Waals surface area contributed by atoms with Crippen molar-refractivity contribution in [3.63, 3.8) is 0 Å². The number of nitrogens with zero attached hydrogens (tertiary/aromatic N) is 4. The van der Waals surface area contributed by atoms with Crippen LogP contribution >= 0.6 is 0 Å². The Bertz CT molecular complexity index is 619. The summed E-state index contributed by atoms with van der Waals surface area (Å²) in [6.45, 7) is 7.42. The van der Waals surface area contributed by atoms with Crippen LogP contribution in [0.5, 0.6) is 0 Å². The molecule has 0 aliphatic carbocycles. The van der Waals surface area contributed by atoms with Crippen LogP contribution in [-0.4, -0.2) is 73.3 Å². The molecule has 2 aliphatic rings. The molecule has 3 rings (SSSR count). The van der Waals surface area contributed by atoms with Crippen LogP contribution in [0.25, 0.3) is 0 Å². The number of nitrogens with one attached hydrogen (secondary N) is 1. The van der Waals surface area contributed by atoms with Gasteiger partial charge in [-0.05, 0) is 38.6 Å². The molecule has 0 bridgehead atoms. The second-order valence-corrected chi connectivity index (χ2v) is 7.96. The standard InChI is InChI=1S/C21H35N5O2/c1-3-5-17-14-22-16-24-20(17)25-11-7-19(8-12-25)26-10-4-6-18(15-26)21(27)23-9-13-28-2/h14,16,18-19H,3-13,15H2,1-2H3,(H,23,27)/t18-/m0/s1. The van der Waals surface area contributed by atoms with E-state index in [2.05, 4.69) is 32.0 Å². The maximum atomic E-state index is 12.4. The van der Waals surface area contributed by atoms with Crippen molar-refractivity contribution < 1.29 is 9.53 Å². The predicted molar refractivity (Wildman–Crippen MR) is 110 cm³/mol. The molecule has 0 saturated carbocycles. The Balaban J connectivity index is 1.51. The van der Waals surface area contributed by atoms with Crippen molar-refractivity contribution in [2.45, 2.75) is 51.5 Å². The van der Waals surface area contributed by atoms with E-state index in [9.17, 15) is 4.79 Å². The minimum absolute atomic E-state index is 0.113. The molecule has 1 aromatic rings. The van der Waals surface area contributed by atoms with E-state index in [4.69, 9.17) is 4.74 Å². The molecule has 156 valence electrons. The maximum absolute atomic E-state index is 12.4. The summed E-state index contributed by atoms with van der Waals surface area (Å²) < 4.78 is 5.03. The Morgan fingerprint density at radius 1 is 1.29 bits per heavy atom. The number of hydrogen-bond donors (Lipinski definition) is 1. The van der Waals surface area contributed by atoms with Gasteiger partial charge in [-0.1, -0.05) is 13.3 Å². The summed E-state index contributed by atoms with van der Waals surface area (Å²) in [7, 11) is 1.66. The number of rotatable bonds is 8. The van der Waals surface area contributed by atoms with Gasteiger partial charge in [0.15, 0.2) is 0 Å². The van der Waals surface area contributed by atoms with Gasteiger partial charge >= 0.3 is 0 Å². The smallest absolute Gasteiger partial charge is 0.224 e. The van der Waals surface area contributed by atoms with Gasteiger partial charge in [0.25, 0.3) is 0 Å². The van der Waals surface area contributed by atoms with Crippen molar-refractivity contribution in [2.75, 3.05) is 51.3 Å². The molecule has 1 aromatic heterocycles. The minimum Gasteiger partial charge on any atom is -0.383 e. The van der Waals surface area contributed by atoms with E-state index in [1.54, 1.807) is 13.4 Å². The Labute approximate surface area is 168 Å². The molecule has 0 unspecified atom stereocenters. The van der Waals surface area contributed by atoms with Gasteiger partial charge in [0.2, 0.25) is 5.91 Å². The molecule has 0 radical (unpaired) electrons. The summed E-state index contributed by atoms with van der Waals surface area (Å²) in [5.74, 6) is 1.41. The minimum atomic E-state index is 0.113. The van der Waals surface area contributed by atoms with Gasteiger partial charge in [0, 0.05) is 51.1 Å². The first-order chi connectivity index (χ1) is 13.7. The van der Waals surface area contributed by atoms with Crippen molar-refractivity contribution >= 4 is 11.7 Å². The molecule has 0 aromatic carbocycles. The molecule has 7 heteroatoms. The zero-order valence-corrected chi connectivity index (χ0v) is 17.4. The van der Waals surface area contributed by atoms with Crippen LogP contribution in [0.15, 0.2) is 12.5 Å². The third kappa shape index (κ3) is 5.41. The first kappa shape index (κ1) is 21.0. The number of amides is 1. The van der Waals surface area contributed by atoms with Gasteiger partial charge in [-0.25, -0.2) is 9.97 Å². The third-order valence-electron chi connectivity index (χ3n) is 5.99. The van der Waals surface area contributed by atoms with Gasteiger partial charge in [-0.2, -0.15) is 0 Å². The topological polar surface area (TPSA) is 70.6 Å². The average Bonchev–Trinajstić information content (AvgIpc) is 2.75. The van der Waals surface area contributed by atoms with Crippen LogP contribution < -0.4 is 10.2 Å². The number of likely N-dealkylation sites (tertiary alicyclic amines) is 1. The zero-order chi connectivity index (χ0) is 19.8. The first-order valence-corrected chi connectivity index (χ1v) is 10.8. The van der Waals surface area contributed by atoms with E-state index < -0.39 is 0 Å². The van der Waals surface area contributed by atoms with Crippen LogP contribution in [0.1, 0.15) is 44.6 Å². The highest BCUT2D eigenvalue weighted by Crippen LogP contribution is 2.27. The lowest BCUT2D eigenvalue weighted by molar-refractivity contribution is -0.127. The number of anilines is 1. The van der Waals surface area contributed by atoms with Crippen molar-refractivity contribution in [1.82, 2.24) is 20.2 Å². The SMILES string of the molecule is CCCc1cncnc1N1CCC(N2CCC[C@H](C(=O)NCCOC)C2)CC1. The van der Waals surface area contributed by atoms with Crippen molar-refractivity contribution in [2.24, 2.45) is 5.92 Å². The number of hydrogen-bond acceptors (Lipinski definition) is 6. The summed E-state index contributed by atoms with van der Waals surface area (Å²) in [6, 6.07) is 0.572. The largest absolute Gasteiger partial charge is 0.383 e. The van der Waals surface area contributed by atoms with E-state index in [0.717, 1.165) is 70.5 Å². The third-order valence-corrected chi connectivity index (χ3v) is 5.99. The molecule has 0 spiro atoms. The Kier molecular flexibility index (Phi) is 8.03. The highest BCUT2D eigenvalue weighted by Gasteiger charge is 2.32. The Hall–Kier alpha value is -1.73. The molecular formula is C21H35N5O2. The molecule has 2 fully saturated rings. The number of piperidine rings is 2. The van der Waals surface area contributed by atoms with Gasteiger partial charge in [-0.3, -0.25) is 9.69 Å². The van der Waals surface area contributed by atoms with Crippen LogP contribution in [0.2, 0.25) is 0 Å². The van der Waals surface area contributed by atoms with E-state index in [1.165, 1.54) is 5.56 Å². The molecule has 3 heterocycles. The van der Waals surface area contributed by atoms with E-state index in [-0.39, 0.29) is 11.8 Å². The lowest BCUT2D eigenvalue weighted by atomic mass is 9.93. The van der Waals surface area contributed by atoms with Crippen LogP contribution in [-0.2, 0) is 16.0 Å². The summed E-state index contributed by atoms with van der Waals surface area (Å²) in [6.07, 6.45) is 10.1. The fraction of sp³-hybridized carbons (Fsp3) is 0.762. The van der Waals surface area contributed by atoms with Crippen LogP contribution in [0, 0.1) is 5.92 Å². The maximum Gasteiger partial charge on any atom is 0.224 e. The molecule has 1 amide bonds. The zero-order valence-electron chi connectivity index (χ0n) is 17.4.